The molecule has 4 nitrogen and oxygen atoms in total. The quantitative estimate of drug-likeness (QED) is 0.867. The van der Waals surface area contributed by atoms with E-state index in [-0.39, 0.29) is 6.42 Å². The number of carboxylic acid groups (broad SMARTS) is 1. The Hall–Kier alpha value is -1.69. The first-order valence-electron chi connectivity index (χ1n) is 6.96. The second-order valence-electron chi connectivity index (χ2n) is 5.60. The summed E-state index contributed by atoms with van der Waals surface area (Å²) in [6.07, 6.45) is -1.49. The van der Waals surface area contributed by atoms with E-state index in [1.54, 1.807) is 6.07 Å². The summed E-state index contributed by atoms with van der Waals surface area (Å²) >= 11 is 0. The zero-order valence-electron chi connectivity index (χ0n) is 11.7. The zero-order chi connectivity index (χ0) is 15.2. The molecular formula is C15H17F2NO3. The number of benzene rings is 1. The number of methoxy groups -OCH3 is 1. The molecule has 0 radical (unpaired) electrons. The molecule has 3 rings (SSSR count). The van der Waals surface area contributed by atoms with Gasteiger partial charge in [0.25, 0.3) is 5.92 Å². The van der Waals surface area contributed by atoms with Crippen LogP contribution >= 0.6 is 0 Å². The van der Waals surface area contributed by atoms with E-state index in [4.69, 9.17) is 9.84 Å². The van der Waals surface area contributed by atoms with Crippen LogP contribution in [0.4, 0.5) is 13.6 Å². The molecule has 1 atom stereocenters. The van der Waals surface area contributed by atoms with Gasteiger partial charge in [-0.05, 0) is 35.1 Å². The Morgan fingerprint density at radius 1 is 1.33 bits per heavy atom. The Morgan fingerprint density at radius 3 is 2.67 bits per heavy atom. The predicted octanol–water partition coefficient (Wildman–Crippen LogP) is 2.64. The van der Waals surface area contributed by atoms with E-state index in [2.05, 4.69) is 0 Å². The van der Waals surface area contributed by atoms with Gasteiger partial charge in [-0.25, -0.2) is 13.6 Å². The molecule has 0 saturated carbocycles. The number of ether oxygens (including phenoxy) is 1. The van der Waals surface area contributed by atoms with Gasteiger partial charge in [-0.2, -0.15) is 0 Å². The zero-order valence-corrected chi connectivity index (χ0v) is 11.7. The van der Waals surface area contributed by atoms with Crippen molar-refractivity contribution in [3.8, 4) is 0 Å². The Bertz CT molecular complexity index is 589. The summed E-state index contributed by atoms with van der Waals surface area (Å²) in [5, 5.41) is 9.10. The molecule has 1 unspecified atom stereocenters. The van der Waals surface area contributed by atoms with Crippen LogP contribution in [-0.4, -0.2) is 42.2 Å². The highest BCUT2D eigenvalue weighted by Crippen LogP contribution is 2.47. The molecule has 2 aliphatic rings. The third-order valence-electron chi connectivity index (χ3n) is 4.41. The van der Waals surface area contributed by atoms with Crippen LogP contribution in [-0.2, 0) is 24.0 Å². The third kappa shape index (κ3) is 2.27. The maximum Gasteiger partial charge on any atom is 0.407 e. The van der Waals surface area contributed by atoms with Gasteiger partial charge in [0, 0.05) is 26.6 Å². The average molecular weight is 297 g/mol. The van der Waals surface area contributed by atoms with Crippen LogP contribution in [0.5, 0.6) is 0 Å². The molecule has 1 N–H and O–H groups in total. The van der Waals surface area contributed by atoms with Gasteiger partial charge in [0.1, 0.15) is 6.10 Å². The number of hydrogen-bond acceptors (Lipinski definition) is 2. The van der Waals surface area contributed by atoms with Crippen molar-refractivity contribution < 1.29 is 23.4 Å². The van der Waals surface area contributed by atoms with Crippen LogP contribution in [0.25, 0.3) is 0 Å². The molecule has 6 heteroatoms. The maximum atomic E-state index is 14.0. The minimum atomic E-state index is -2.90. The Balaban J connectivity index is 2.02. The normalized spacial score (nSPS) is 23.4. The van der Waals surface area contributed by atoms with Gasteiger partial charge in [-0.1, -0.05) is 12.1 Å². The van der Waals surface area contributed by atoms with Crippen LogP contribution in [0.2, 0.25) is 0 Å². The Labute approximate surface area is 121 Å². The Morgan fingerprint density at radius 2 is 2.00 bits per heavy atom. The van der Waals surface area contributed by atoms with E-state index in [0.29, 0.717) is 37.1 Å². The molecule has 1 aliphatic carbocycles. The van der Waals surface area contributed by atoms with Crippen molar-refractivity contribution >= 4 is 6.09 Å². The second kappa shape index (κ2) is 4.94. The van der Waals surface area contributed by atoms with Crippen LogP contribution in [0.3, 0.4) is 0 Å². The predicted molar refractivity (Wildman–Crippen MR) is 71.8 cm³/mol. The molecule has 1 amide bonds. The van der Waals surface area contributed by atoms with Crippen LogP contribution in [0, 0.1) is 0 Å². The molecule has 0 aromatic heterocycles. The van der Waals surface area contributed by atoms with Crippen molar-refractivity contribution in [1.29, 1.82) is 0 Å². The maximum absolute atomic E-state index is 14.0. The van der Waals surface area contributed by atoms with Gasteiger partial charge in [0.2, 0.25) is 0 Å². The summed E-state index contributed by atoms with van der Waals surface area (Å²) in [5.74, 6) is -2.90. The topological polar surface area (TPSA) is 49.8 Å². The van der Waals surface area contributed by atoms with Gasteiger partial charge < -0.3 is 14.7 Å². The van der Waals surface area contributed by atoms with Crippen LogP contribution in [0.1, 0.15) is 28.4 Å². The molecule has 0 spiro atoms. The van der Waals surface area contributed by atoms with Crippen molar-refractivity contribution in [1.82, 2.24) is 4.90 Å². The van der Waals surface area contributed by atoms with Crippen molar-refractivity contribution in [3.63, 3.8) is 0 Å². The fourth-order valence-electron chi connectivity index (χ4n) is 3.42. The number of hydrogen-bond donors (Lipinski definition) is 1. The summed E-state index contributed by atoms with van der Waals surface area (Å²) in [4.78, 5) is 12.4. The van der Waals surface area contributed by atoms with Gasteiger partial charge in [-0.3, -0.25) is 0 Å². The number of rotatable bonds is 1. The molecule has 1 aliphatic heterocycles. The summed E-state index contributed by atoms with van der Waals surface area (Å²) in [5.41, 5.74) is 3.00. The lowest BCUT2D eigenvalue weighted by atomic mass is 9.93. The minimum Gasteiger partial charge on any atom is -0.465 e. The molecular weight excluding hydrogens is 280 g/mol. The third-order valence-corrected chi connectivity index (χ3v) is 4.41. The van der Waals surface area contributed by atoms with E-state index < -0.39 is 18.1 Å². The lowest BCUT2D eigenvalue weighted by Gasteiger charge is -2.21. The monoisotopic (exact) mass is 297 g/mol. The van der Waals surface area contributed by atoms with Crippen molar-refractivity contribution in [2.75, 3.05) is 20.2 Å². The van der Waals surface area contributed by atoms with Gasteiger partial charge in [0.05, 0.1) is 0 Å². The summed E-state index contributed by atoms with van der Waals surface area (Å²) in [6.45, 7) is 0.732. The standard InChI is InChI=1S/C15H17F2NO3/c1-21-13-12-10(8-15(13,16)17)3-2-9-4-6-18(14(19)20)7-5-11(9)12/h2-3,13H,4-8H2,1H3,(H,19,20). The summed E-state index contributed by atoms with van der Waals surface area (Å²) in [6, 6.07) is 3.59. The Kier molecular flexibility index (Phi) is 3.36. The molecule has 1 aromatic carbocycles. The molecule has 0 bridgehead atoms. The van der Waals surface area contributed by atoms with Gasteiger partial charge in [-0.15, -0.1) is 0 Å². The number of halogens is 2. The number of nitrogens with zero attached hydrogens (tertiary/aromatic N) is 1. The SMILES string of the molecule is COC1c2c(ccc3c2CCN(C(=O)O)CC3)CC1(F)F. The van der Waals surface area contributed by atoms with Gasteiger partial charge in [0.15, 0.2) is 0 Å². The van der Waals surface area contributed by atoms with E-state index in [0.717, 1.165) is 11.1 Å². The fourth-order valence-corrected chi connectivity index (χ4v) is 3.42. The summed E-state index contributed by atoms with van der Waals surface area (Å²) in [7, 11) is 1.30. The van der Waals surface area contributed by atoms with E-state index in [1.165, 1.54) is 12.0 Å². The average Bonchev–Trinajstić information content (AvgIpc) is 2.58. The van der Waals surface area contributed by atoms with Crippen molar-refractivity contribution in [3.05, 3.63) is 34.4 Å². The summed E-state index contributed by atoms with van der Waals surface area (Å²) < 4.78 is 33.2. The van der Waals surface area contributed by atoms with E-state index in [9.17, 15) is 13.6 Å². The van der Waals surface area contributed by atoms with Crippen LogP contribution < -0.4 is 0 Å². The minimum absolute atomic E-state index is 0.309. The molecule has 114 valence electrons. The molecule has 0 saturated heterocycles. The molecule has 0 fully saturated rings. The number of fused-ring (bicyclic) bond motifs is 3. The lowest BCUT2D eigenvalue weighted by Crippen LogP contribution is -2.31. The first-order valence-corrected chi connectivity index (χ1v) is 6.96. The highest BCUT2D eigenvalue weighted by atomic mass is 19.3. The molecule has 1 heterocycles. The number of amides is 1. The number of alkyl halides is 2. The van der Waals surface area contributed by atoms with Crippen molar-refractivity contribution in [2.45, 2.75) is 31.3 Å². The van der Waals surface area contributed by atoms with E-state index in [1.807, 2.05) is 6.07 Å². The smallest absolute Gasteiger partial charge is 0.407 e. The molecule has 21 heavy (non-hydrogen) atoms. The highest BCUT2D eigenvalue weighted by Gasteiger charge is 2.49. The first kappa shape index (κ1) is 14.3. The first-order chi connectivity index (χ1) is 9.94. The lowest BCUT2D eigenvalue weighted by molar-refractivity contribution is -0.114. The molecule has 1 aromatic rings. The largest absolute Gasteiger partial charge is 0.465 e. The fraction of sp³-hybridized carbons (Fsp3) is 0.533. The van der Waals surface area contributed by atoms with Crippen molar-refractivity contribution in [2.24, 2.45) is 0 Å². The second-order valence-corrected chi connectivity index (χ2v) is 5.60. The van der Waals surface area contributed by atoms with E-state index >= 15 is 0 Å². The van der Waals surface area contributed by atoms with Crippen LogP contribution in [0.15, 0.2) is 12.1 Å². The highest BCUT2D eigenvalue weighted by molar-refractivity contribution is 5.65. The number of carbonyl (C=O) groups is 1. The van der Waals surface area contributed by atoms with Gasteiger partial charge >= 0.3 is 6.09 Å².